The van der Waals surface area contributed by atoms with Crippen molar-refractivity contribution < 1.29 is 4.74 Å². The van der Waals surface area contributed by atoms with Crippen molar-refractivity contribution in [2.75, 3.05) is 57.4 Å². The lowest BCUT2D eigenvalue weighted by Crippen LogP contribution is -2.49. The van der Waals surface area contributed by atoms with E-state index in [9.17, 15) is 0 Å². The van der Waals surface area contributed by atoms with Crippen molar-refractivity contribution in [3.8, 4) is 0 Å². The number of rotatable bonds is 7. The molecule has 1 aromatic carbocycles. The van der Waals surface area contributed by atoms with Crippen LogP contribution in [0.3, 0.4) is 0 Å². The zero-order valence-corrected chi connectivity index (χ0v) is 16.7. The van der Waals surface area contributed by atoms with E-state index >= 15 is 0 Å². The number of nitrogens with zero attached hydrogens (tertiary/aromatic N) is 3. The zero-order chi connectivity index (χ0) is 18.9. The summed E-state index contributed by atoms with van der Waals surface area (Å²) in [7, 11) is 0. The summed E-state index contributed by atoms with van der Waals surface area (Å²) in [5.41, 5.74) is 2.50. The molecular weight excluding hydrogens is 338 g/mol. The second kappa shape index (κ2) is 10.3. The molecule has 2 heterocycles. The van der Waals surface area contributed by atoms with Crippen LogP contribution in [0, 0.1) is 0 Å². The summed E-state index contributed by atoms with van der Waals surface area (Å²) in [6.07, 6.45) is 4.43. The van der Waals surface area contributed by atoms with Gasteiger partial charge in [-0.2, -0.15) is 0 Å². The van der Waals surface area contributed by atoms with E-state index in [1.54, 1.807) is 0 Å². The summed E-state index contributed by atoms with van der Waals surface area (Å²) in [6, 6.07) is 9.16. The fraction of sp³-hybridized carbons (Fsp3) is 0.571. The molecule has 1 atom stereocenters. The van der Waals surface area contributed by atoms with Crippen LogP contribution in [0.25, 0.3) is 0 Å². The van der Waals surface area contributed by atoms with Crippen molar-refractivity contribution in [1.29, 1.82) is 0 Å². The van der Waals surface area contributed by atoms with E-state index in [0.29, 0.717) is 12.6 Å². The Labute approximate surface area is 163 Å². The average molecular weight is 372 g/mol. The Bertz CT molecular complexity index is 631. The largest absolute Gasteiger partial charge is 0.379 e. The first kappa shape index (κ1) is 19.7. The first-order chi connectivity index (χ1) is 13.3. The van der Waals surface area contributed by atoms with Crippen LogP contribution >= 0.6 is 0 Å². The number of ether oxygens (including phenoxy) is 1. The van der Waals surface area contributed by atoms with Crippen molar-refractivity contribution in [2.45, 2.75) is 26.4 Å². The molecule has 1 saturated heterocycles. The number of aliphatic imine (C=N–C) groups is 1. The SMILES string of the molecule is CCNC(=NCc1cccc(N2CC=CC2)c1)NCC(C)N1CCOCC1. The highest BCUT2D eigenvalue weighted by atomic mass is 16.5. The van der Waals surface area contributed by atoms with E-state index in [2.05, 4.69) is 70.7 Å². The normalized spacial score (nSPS) is 19.3. The lowest BCUT2D eigenvalue weighted by Gasteiger charge is -2.32. The van der Waals surface area contributed by atoms with Crippen molar-refractivity contribution in [1.82, 2.24) is 15.5 Å². The highest BCUT2D eigenvalue weighted by Crippen LogP contribution is 2.18. The number of morpholine rings is 1. The molecule has 0 aromatic heterocycles. The van der Waals surface area contributed by atoms with Crippen LogP contribution < -0.4 is 15.5 Å². The summed E-state index contributed by atoms with van der Waals surface area (Å²) in [6.45, 7) is 12.5. The number of nitrogens with one attached hydrogen (secondary N) is 2. The van der Waals surface area contributed by atoms with Crippen LogP contribution in [0.2, 0.25) is 0 Å². The molecule has 3 rings (SSSR count). The van der Waals surface area contributed by atoms with Crippen LogP contribution in [-0.2, 0) is 11.3 Å². The van der Waals surface area contributed by atoms with Crippen LogP contribution in [-0.4, -0.2) is 69.4 Å². The molecule has 0 spiro atoms. The van der Waals surface area contributed by atoms with Gasteiger partial charge in [0.05, 0.1) is 19.8 Å². The molecule has 6 nitrogen and oxygen atoms in total. The van der Waals surface area contributed by atoms with Gasteiger partial charge in [-0.15, -0.1) is 0 Å². The molecule has 0 amide bonds. The quantitative estimate of drug-likeness (QED) is 0.435. The Morgan fingerprint density at radius 3 is 2.70 bits per heavy atom. The summed E-state index contributed by atoms with van der Waals surface area (Å²) >= 11 is 0. The third-order valence-electron chi connectivity index (χ3n) is 5.09. The van der Waals surface area contributed by atoms with E-state index in [0.717, 1.165) is 58.4 Å². The van der Waals surface area contributed by atoms with Gasteiger partial charge in [-0.1, -0.05) is 24.3 Å². The molecule has 6 heteroatoms. The van der Waals surface area contributed by atoms with E-state index in [-0.39, 0.29) is 0 Å². The number of anilines is 1. The van der Waals surface area contributed by atoms with Gasteiger partial charge in [0.2, 0.25) is 0 Å². The predicted octanol–water partition coefficient (Wildman–Crippen LogP) is 1.84. The van der Waals surface area contributed by atoms with Crippen LogP contribution in [0.1, 0.15) is 19.4 Å². The molecule has 1 unspecified atom stereocenters. The van der Waals surface area contributed by atoms with Gasteiger partial charge in [-0.25, -0.2) is 4.99 Å². The zero-order valence-electron chi connectivity index (χ0n) is 16.7. The van der Waals surface area contributed by atoms with Crippen molar-refractivity contribution in [2.24, 2.45) is 4.99 Å². The monoisotopic (exact) mass is 371 g/mol. The van der Waals surface area contributed by atoms with E-state index in [1.807, 2.05) is 0 Å². The van der Waals surface area contributed by atoms with Crippen LogP contribution in [0.4, 0.5) is 5.69 Å². The molecule has 0 bridgehead atoms. The molecule has 0 radical (unpaired) electrons. The Hall–Kier alpha value is -2.05. The molecular formula is C21H33N5O. The number of hydrogen-bond acceptors (Lipinski definition) is 4. The first-order valence-electron chi connectivity index (χ1n) is 10.1. The Kier molecular flexibility index (Phi) is 7.54. The van der Waals surface area contributed by atoms with Gasteiger partial charge < -0.3 is 20.3 Å². The summed E-state index contributed by atoms with van der Waals surface area (Å²) in [5.74, 6) is 0.880. The standard InChI is InChI=1S/C21H33N5O/c1-3-22-21(23-16-18(2)25-11-13-27-14-12-25)24-17-19-7-6-8-20(15-19)26-9-4-5-10-26/h4-8,15,18H,3,9-14,16-17H2,1-2H3,(H2,22,23,24). The van der Waals surface area contributed by atoms with E-state index in [4.69, 9.17) is 9.73 Å². The van der Waals surface area contributed by atoms with Crippen LogP contribution in [0.5, 0.6) is 0 Å². The van der Waals surface area contributed by atoms with Crippen molar-refractivity contribution in [3.05, 3.63) is 42.0 Å². The molecule has 1 fully saturated rings. The molecule has 1 aromatic rings. The predicted molar refractivity (Wildman–Crippen MR) is 112 cm³/mol. The van der Waals surface area contributed by atoms with E-state index < -0.39 is 0 Å². The summed E-state index contributed by atoms with van der Waals surface area (Å²) < 4.78 is 5.44. The lowest BCUT2D eigenvalue weighted by molar-refractivity contribution is 0.0211. The topological polar surface area (TPSA) is 52.1 Å². The van der Waals surface area contributed by atoms with Gasteiger partial charge in [0, 0.05) is 51.0 Å². The van der Waals surface area contributed by atoms with Crippen molar-refractivity contribution in [3.63, 3.8) is 0 Å². The molecule has 0 saturated carbocycles. The fourth-order valence-electron chi connectivity index (χ4n) is 3.44. The maximum absolute atomic E-state index is 5.44. The molecule has 2 aliphatic heterocycles. The Morgan fingerprint density at radius 2 is 1.96 bits per heavy atom. The smallest absolute Gasteiger partial charge is 0.191 e. The average Bonchev–Trinajstić information content (AvgIpc) is 3.26. The van der Waals surface area contributed by atoms with Crippen molar-refractivity contribution >= 4 is 11.6 Å². The highest BCUT2D eigenvalue weighted by molar-refractivity contribution is 5.79. The first-order valence-corrected chi connectivity index (χ1v) is 10.1. The third-order valence-corrected chi connectivity index (χ3v) is 5.09. The second-order valence-corrected chi connectivity index (χ2v) is 7.12. The summed E-state index contributed by atoms with van der Waals surface area (Å²) in [4.78, 5) is 9.61. The Morgan fingerprint density at radius 1 is 1.19 bits per heavy atom. The minimum absolute atomic E-state index is 0.462. The molecule has 0 aliphatic carbocycles. The van der Waals surface area contributed by atoms with Gasteiger partial charge in [0.1, 0.15) is 0 Å². The molecule has 148 valence electrons. The minimum Gasteiger partial charge on any atom is -0.379 e. The molecule has 27 heavy (non-hydrogen) atoms. The van der Waals surface area contributed by atoms with Gasteiger partial charge in [0.15, 0.2) is 5.96 Å². The maximum atomic E-state index is 5.44. The number of benzene rings is 1. The fourth-order valence-corrected chi connectivity index (χ4v) is 3.44. The highest BCUT2D eigenvalue weighted by Gasteiger charge is 2.17. The molecule has 2 aliphatic rings. The van der Waals surface area contributed by atoms with Gasteiger partial charge in [-0.3, -0.25) is 4.90 Å². The second-order valence-electron chi connectivity index (χ2n) is 7.12. The number of guanidine groups is 1. The Balaban J connectivity index is 1.54. The van der Waals surface area contributed by atoms with Gasteiger partial charge in [-0.05, 0) is 31.5 Å². The summed E-state index contributed by atoms with van der Waals surface area (Å²) in [5, 5.41) is 6.85. The number of hydrogen-bond donors (Lipinski definition) is 2. The van der Waals surface area contributed by atoms with Gasteiger partial charge >= 0.3 is 0 Å². The van der Waals surface area contributed by atoms with E-state index in [1.165, 1.54) is 11.3 Å². The lowest BCUT2D eigenvalue weighted by atomic mass is 10.2. The van der Waals surface area contributed by atoms with Crippen LogP contribution in [0.15, 0.2) is 41.4 Å². The third kappa shape index (κ3) is 5.97. The maximum Gasteiger partial charge on any atom is 0.191 e. The van der Waals surface area contributed by atoms with Gasteiger partial charge in [0.25, 0.3) is 0 Å². The molecule has 2 N–H and O–H groups in total. The minimum atomic E-state index is 0.462.